The van der Waals surface area contributed by atoms with Crippen molar-refractivity contribution in [3.8, 4) is 0 Å². The molecule has 6 heteroatoms. The van der Waals surface area contributed by atoms with Crippen molar-refractivity contribution in [2.75, 3.05) is 40.5 Å². The van der Waals surface area contributed by atoms with Crippen LogP contribution >= 0.6 is 0 Å². The minimum atomic E-state index is -0.0684. The zero-order valence-electron chi connectivity index (χ0n) is 16.0. The van der Waals surface area contributed by atoms with E-state index in [1.165, 1.54) is 0 Å². The lowest BCUT2D eigenvalue weighted by molar-refractivity contribution is -0.176. The normalized spacial score (nSPS) is 30.7. The van der Waals surface area contributed by atoms with Crippen molar-refractivity contribution in [2.45, 2.75) is 64.2 Å². The van der Waals surface area contributed by atoms with E-state index in [2.05, 4.69) is 36.4 Å². The largest absolute Gasteiger partial charge is 0.381 e. The zero-order chi connectivity index (χ0) is 17.6. The fraction of sp³-hybridized carbons (Fsp3) is 0.944. The van der Waals surface area contributed by atoms with Crippen LogP contribution in [0, 0.1) is 5.41 Å². The Balaban J connectivity index is 1.63. The topological polar surface area (TPSA) is 64.1 Å². The van der Waals surface area contributed by atoms with E-state index in [0.29, 0.717) is 12.1 Å². The Kier molecular flexibility index (Phi) is 6.89. The number of nitrogens with one attached hydrogen (secondary N) is 2. The summed E-state index contributed by atoms with van der Waals surface area (Å²) in [4.78, 5) is 4.33. The second-order valence-electron chi connectivity index (χ2n) is 7.59. The number of methoxy groups -OCH3 is 1. The van der Waals surface area contributed by atoms with E-state index < -0.39 is 0 Å². The Hall–Kier alpha value is -0.850. The number of ether oxygens (including phenoxy) is 3. The zero-order valence-corrected chi connectivity index (χ0v) is 16.0. The maximum Gasteiger partial charge on any atom is 0.191 e. The smallest absolute Gasteiger partial charge is 0.191 e. The third-order valence-electron chi connectivity index (χ3n) is 5.95. The summed E-state index contributed by atoms with van der Waals surface area (Å²) in [5.41, 5.74) is 0.00655. The monoisotopic (exact) mass is 341 g/mol. The number of hydrogen-bond donors (Lipinski definition) is 2. The van der Waals surface area contributed by atoms with E-state index in [9.17, 15) is 0 Å². The molecule has 0 radical (unpaired) electrons. The predicted octanol–water partition coefficient (Wildman–Crippen LogP) is 1.94. The van der Waals surface area contributed by atoms with Crippen LogP contribution in [0.4, 0.5) is 0 Å². The van der Waals surface area contributed by atoms with E-state index >= 15 is 0 Å². The van der Waals surface area contributed by atoms with Crippen LogP contribution in [0.25, 0.3) is 0 Å². The molecule has 0 aromatic heterocycles. The number of hydrogen-bond acceptors (Lipinski definition) is 4. The molecular formula is C18H35N3O3. The highest BCUT2D eigenvalue weighted by Crippen LogP contribution is 2.51. The van der Waals surface area contributed by atoms with Gasteiger partial charge in [0.25, 0.3) is 0 Å². The van der Waals surface area contributed by atoms with Gasteiger partial charge < -0.3 is 24.8 Å². The number of nitrogens with zero attached hydrogens (tertiary/aromatic N) is 1. The van der Waals surface area contributed by atoms with Crippen molar-refractivity contribution in [3.63, 3.8) is 0 Å². The minimum absolute atomic E-state index is 0.0684. The van der Waals surface area contributed by atoms with Crippen LogP contribution in [-0.4, -0.2) is 64.2 Å². The summed E-state index contributed by atoms with van der Waals surface area (Å²) < 4.78 is 16.9. The summed E-state index contributed by atoms with van der Waals surface area (Å²) in [6, 6.07) is 0.368. The van der Waals surface area contributed by atoms with Crippen LogP contribution in [0.5, 0.6) is 0 Å². The SMILES string of the molecule is CN=C(NCCCOC1CCOCC1)NC1CC(C)(OC)C1(C)C. The molecule has 2 aliphatic rings. The Morgan fingerprint density at radius 2 is 1.96 bits per heavy atom. The highest BCUT2D eigenvalue weighted by Gasteiger charge is 2.58. The van der Waals surface area contributed by atoms with Gasteiger partial charge in [0.1, 0.15) is 0 Å². The van der Waals surface area contributed by atoms with Gasteiger partial charge >= 0.3 is 0 Å². The van der Waals surface area contributed by atoms with E-state index in [0.717, 1.165) is 58.0 Å². The molecule has 24 heavy (non-hydrogen) atoms. The predicted molar refractivity (Wildman–Crippen MR) is 96.5 cm³/mol. The molecule has 2 atom stereocenters. The second-order valence-corrected chi connectivity index (χ2v) is 7.59. The first kappa shape index (κ1) is 19.5. The molecule has 2 rings (SSSR count). The van der Waals surface area contributed by atoms with Crippen molar-refractivity contribution in [3.05, 3.63) is 0 Å². The first-order valence-corrected chi connectivity index (χ1v) is 9.14. The van der Waals surface area contributed by atoms with Crippen molar-refractivity contribution in [2.24, 2.45) is 10.4 Å². The van der Waals surface area contributed by atoms with Crippen LogP contribution in [0.2, 0.25) is 0 Å². The van der Waals surface area contributed by atoms with Gasteiger partial charge in [-0.05, 0) is 32.6 Å². The fourth-order valence-electron chi connectivity index (χ4n) is 3.45. The molecule has 0 amide bonds. The maximum atomic E-state index is 5.89. The van der Waals surface area contributed by atoms with Crippen molar-refractivity contribution < 1.29 is 14.2 Å². The van der Waals surface area contributed by atoms with Crippen molar-refractivity contribution in [1.29, 1.82) is 0 Å². The summed E-state index contributed by atoms with van der Waals surface area (Å²) in [6.45, 7) is 9.96. The van der Waals surface area contributed by atoms with Gasteiger partial charge in [-0.2, -0.15) is 0 Å². The van der Waals surface area contributed by atoms with Gasteiger partial charge in [-0.15, -0.1) is 0 Å². The molecule has 1 aliphatic heterocycles. The summed E-state index contributed by atoms with van der Waals surface area (Å²) in [7, 11) is 3.61. The molecule has 1 aliphatic carbocycles. The molecule has 0 spiro atoms. The van der Waals surface area contributed by atoms with Gasteiger partial charge in [0.05, 0.1) is 11.7 Å². The van der Waals surface area contributed by atoms with Crippen LogP contribution in [-0.2, 0) is 14.2 Å². The first-order chi connectivity index (χ1) is 11.4. The summed E-state index contributed by atoms with van der Waals surface area (Å²) in [5, 5.41) is 6.91. The van der Waals surface area contributed by atoms with Crippen LogP contribution in [0.1, 0.15) is 46.5 Å². The van der Waals surface area contributed by atoms with Gasteiger partial charge in [0, 0.05) is 52.0 Å². The second kappa shape index (κ2) is 8.50. The average molecular weight is 341 g/mol. The van der Waals surface area contributed by atoms with Crippen LogP contribution in [0.3, 0.4) is 0 Å². The van der Waals surface area contributed by atoms with Crippen LogP contribution in [0.15, 0.2) is 4.99 Å². The highest BCUT2D eigenvalue weighted by molar-refractivity contribution is 5.80. The number of rotatable bonds is 7. The van der Waals surface area contributed by atoms with Gasteiger partial charge in [0.2, 0.25) is 0 Å². The molecule has 1 heterocycles. The highest BCUT2D eigenvalue weighted by atomic mass is 16.5. The fourth-order valence-corrected chi connectivity index (χ4v) is 3.45. The van der Waals surface area contributed by atoms with Gasteiger partial charge in [-0.25, -0.2) is 0 Å². The molecule has 0 bridgehead atoms. The molecule has 2 N–H and O–H groups in total. The standard InChI is InChI=1S/C18H35N3O3/c1-17(2)15(13-18(17,3)22-5)21-16(19-4)20-9-6-10-24-14-7-11-23-12-8-14/h14-15H,6-13H2,1-5H3,(H2,19,20,21). The summed E-state index contributed by atoms with van der Waals surface area (Å²) in [5.74, 6) is 0.859. The first-order valence-electron chi connectivity index (χ1n) is 9.14. The van der Waals surface area contributed by atoms with Gasteiger partial charge in [-0.3, -0.25) is 4.99 Å². The molecule has 6 nitrogen and oxygen atoms in total. The average Bonchev–Trinajstić information content (AvgIpc) is 2.60. The molecule has 1 saturated carbocycles. The quantitative estimate of drug-likeness (QED) is 0.421. The van der Waals surface area contributed by atoms with Gasteiger partial charge in [-0.1, -0.05) is 13.8 Å². The Labute approximate surface area is 146 Å². The molecule has 2 fully saturated rings. The molecule has 0 aromatic carbocycles. The molecule has 140 valence electrons. The van der Waals surface area contributed by atoms with Crippen molar-refractivity contribution in [1.82, 2.24) is 10.6 Å². The maximum absolute atomic E-state index is 5.89. The Bertz CT molecular complexity index is 422. The van der Waals surface area contributed by atoms with E-state index in [1.54, 1.807) is 7.11 Å². The van der Waals surface area contributed by atoms with Crippen molar-refractivity contribution >= 4 is 5.96 Å². The summed E-state index contributed by atoms with van der Waals surface area (Å²) >= 11 is 0. The molecular weight excluding hydrogens is 306 g/mol. The third kappa shape index (κ3) is 4.41. The number of aliphatic imine (C=N–C) groups is 1. The van der Waals surface area contributed by atoms with E-state index in [1.807, 2.05) is 7.05 Å². The van der Waals surface area contributed by atoms with E-state index in [4.69, 9.17) is 14.2 Å². The summed E-state index contributed by atoms with van der Waals surface area (Å²) in [6.07, 6.45) is 4.38. The molecule has 1 saturated heterocycles. The number of guanidine groups is 1. The Morgan fingerprint density at radius 3 is 2.54 bits per heavy atom. The lowest BCUT2D eigenvalue weighted by Crippen LogP contribution is -2.69. The van der Waals surface area contributed by atoms with Crippen LogP contribution < -0.4 is 10.6 Å². The van der Waals surface area contributed by atoms with E-state index in [-0.39, 0.29) is 11.0 Å². The lowest BCUT2D eigenvalue weighted by Gasteiger charge is -2.59. The van der Waals surface area contributed by atoms with Gasteiger partial charge in [0.15, 0.2) is 5.96 Å². The molecule has 2 unspecified atom stereocenters. The third-order valence-corrected chi connectivity index (χ3v) is 5.95. The Morgan fingerprint density at radius 1 is 1.25 bits per heavy atom. The lowest BCUT2D eigenvalue weighted by atomic mass is 9.56. The minimum Gasteiger partial charge on any atom is -0.381 e. The molecule has 0 aromatic rings.